The summed E-state index contributed by atoms with van der Waals surface area (Å²) in [5.74, 6) is -0.491. The van der Waals surface area contributed by atoms with Crippen LogP contribution in [-0.2, 0) is 6.54 Å². The van der Waals surface area contributed by atoms with Gasteiger partial charge in [0.2, 0.25) is 0 Å². The van der Waals surface area contributed by atoms with Crippen LogP contribution in [0.1, 0.15) is 0 Å². The van der Waals surface area contributed by atoms with E-state index in [4.69, 9.17) is 4.74 Å². The summed E-state index contributed by atoms with van der Waals surface area (Å²) in [6.45, 7) is -0.342. The standard InChI is InChI=1S/C24H20FN3O3/c25-20-13-7-8-14-21(20)31-16-19(29)15-28-24(30)26-22(17-9-3-1-4-10-17)23(27-28)18-11-5-2-6-12-18/h1-14,19,29H,15-16H2/t19-/m1/s1. The van der Waals surface area contributed by atoms with Gasteiger partial charge in [-0.05, 0) is 12.1 Å². The van der Waals surface area contributed by atoms with Crippen LogP contribution in [0.5, 0.6) is 5.75 Å². The smallest absolute Gasteiger partial charge is 0.364 e. The summed E-state index contributed by atoms with van der Waals surface area (Å²) < 4.78 is 20.1. The lowest BCUT2D eigenvalue weighted by molar-refractivity contribution is 0.0857. The normalized spacial score (nSPS) is 11.8. The molecule has 3 aromatic carbocycles. The number of aromatic nitrogens is 3. The first kappa shape index (κ1) is 20.4. The van der Waals surface area contributed by atoms with Gasteiger partial charge in [0.15, 0.2) is 11.6 Å². The molecule has 0 aliphatic carbocycles. The van der Waals surface area contributed by atoms with E-state index < -0.39 is 17.6 Å². The first-order chi connectivity index (χ1) is 15.1. The van der Waals surface area contributed by atoms with E-state index in [2.05, 4.69) is 10.1 Å². The summed E-state index contributed by atoms with van der Waals surface area (Å²) in [5.41, 5.74) is 1.95. The van der Waals surface area contributed by atoms with Crippen molar-refractivity contribution in [3.8, 4) is 28.3 Å². The fraction of sp³-hybridized carbons (Fsp3) is 0.125. The molecule has 1 N–H and O–H groups in total. The molecule has 0 bridgehead atoms. The number of rotatable bonds is 7. The first-order valence-corrected chi connectivity index (χ1v) is 9.77. The fourth-order valence-electron chi connectivity index (χ4n) is 3.12. The molecule has 6 nitrogen and oxygen atoms in total. The van der Waals surface area contributed by atoms with Crippen LogP contribution in [-0.4, -0.2) is 32.6 Å². The zero-order valence-corrected chi connectivity index (χ0v) is 16.6. The van der Waals surface area contributed by atoms with Crippen LogP contribution in [0.3, 0.4) is 0 Å². The van der Waals surface area contributed by atoms with Crippen LogP contribution in [0.25, 0.3) is 22.5 Å². The van der Waals surface area contributed by atoms with Gasteiger partial charge in [-0.15, -0.1) is 0 Å². The van der Waals surface area contributed by atoms with Gasteiger partial charge in [-0.1, -0.05) is 72.8 Å². The molecule has 7 heteroatoms. The number of hydrogen-bond acceptors (Lipinski definition) is 5. The highest BCUT2D eigenvalue weighted by Crippen LogP contribution is 2.27. The largest absolute Gasteiger partial charge is 0.488 e. The maximum Gasteiger partial charge on any atom is 0.364 e. The highest BCUT2D eigenvalue weighted by atomic mass is 19.1. The highest BCUT2D eigenvalue weighted by Gasteiger charge is 2.17. The van der Waals surface area contributed by atoms with E-state index in [9.17, 15) is 14.3 Å². The molecule has 0 aliphatic heterocycles. The lowest BCUT2D eigenvalue weighted by Gasteiger charge is -2.15. The summed E-state index contributed by atoms with van der Waals surface area (Å²) >= 11 is 0. The summed E-state index contributed by atoms with van der Waals surface area (Å²) in [7, 11) is 0. The molecule has 156 valence electrons. The molecular weight excluding hydrogens is 397 g/mol. The Morgan fingerprint density at radius 2 is 1.45 bits per heavy atom. The Kier molecular flexibility index (Phi) is 6.14. The van der Waals surface area contributed by atoms with Gasteiger partial charge in [-0.25, -0.2) is 13.9 Å². The number of aliphatic hydroxyl groups is 1. The summed E-state index contributed by atoms with van der Waals surface area (Å²) in [6.07, 6.45) is -1.09. The molecule has 0 saturated carbocycles. The average molecular weight is 417 g/mol. The highest BCUT2D eigenvalue weighted by molar-refractivity contribution is 5.77. The van der Waals surface area contributed by atoms with Gasteiger partial charge < -0.3 is 9.84 Å². The Morgan fingerprint density at radius 3 is 2.10 bits per heavy atom. The Bertz CT molecular complexity index is 1210. The van der Waals surface area contributed by atoms with Gasteiger partial charge in [0.05, 0.1) is 6.54 Å². The molecule has 0 amide bonds. The van der Waals surface area contributed by atoms with Crippen molar-refractivity contribution in [2.24, 2.45) is 0 Å². The Labute approximate surface area is 178 Å². The Balaban J connectivity index is 1.62. The minimum absolute atomic E-state index is 0.0318. The fourth-order valence-corrected chi connectivity index (χ4v) is 3.12. The quantitative estimate of drug-likeness (QED) is 0.498. The van der Waals surface area contributed by atoms with Crippen molar-refractivity contribution < 1.29 is 14.2 Å². The number of hydrogen-bond donors (Lipinski definition) is 1. The van der Waals surface area contributed by atoms with Crippen molar-refractivity contribution in [1.82, 2.24) is 14.8 Å². The Morgan fingerprint density at radius 1 is 0.871 bits per heavy atom. The van der Waals surface area contributed by atoms with E-state index in [0.717, 1.165) is 15.8 Å². The van der Waals surface area contributed by atoms with Gasteiger partial charge in [0, 0.05) is 11.1 Å². The number of benzene rings is 3. The average Bonchev–Trinajstić information content (AvgIpc) is 2.81. The maximum atomic E-state index is 13.7. The van der Waals surface area contributed by atoms with Gasteiger partial charge >= 0.3 is 5.69 Å². The third-order valence-corrected chi connectivity index (χ3v) is 4.62. The van der Waals surface area contributed by atoms with E-state index in [0.29, 0.717) is 11.4 Å². The van der Waals surface area contributed by atoms with Crippen LogP contribution in [0.4, 0.5) is 4.39 Å². The molecule has 0 spiro atoms. The molecule has 0 saturated heterocycles. The van der Waals surface area contributed by atoms with E-state index in [1.807, 2.05) is 60.7 Å². The molecule has 1 heterocycles. The SMILES string of the molecule is O=c1nc(-c2ccccc2)c(-c2ccccc2)nn1C[C@@H](O)COc1ccccc1F. The van der Waals surface area contributed by atoms with Gasteiger partial charge in [0.1, 0.15) is 24.1 Å². The van der Waals surface area contributed by atoms with E-state index in [1.165, 1.54) is 12.1 Å². The number of para-hydroxylation sites is 1. The van der Waals surface area contributed by atoms with Gasteiger partial charge in [0.25, 0.3) is 0 Å². The second kappa shape index (κ2) is 9.32. The lowest BCUT2D eigenvalue weighted by atomic mass is 10.0. The minimum atomic E-state index is -1.09. The van der Waals surface area contributed by atoms with E-state index in [1.54, 1.807) is 12.1 Å². The van der Waals surface area contributed by atoms with Crippen molar-refractivity contribution in [3.63, 3.8) is 0 Å². The maximum absolute atomic E-state index is 13.7. The van der Waals surface area contributed by atoms with Gasteiger partial charge in [-0.3, -0.25) is 0 Å². The van der Waals surface area contributed by atoms with Crippen LogP contribution in [0, 0.1) is 5.82 Å². The zero-order valence-electron chi connectivity index (χ0n) is 16.6. The molecule has 31 heavy (non-hydrogen) atoms. The summed E-state index contributed by atoms with van der Waals surface area (Å²) in [5, 5.41) is 14.8. The Hall–Kier alpha value is -3.84. The molecule has 0 aliphatic rings. The van der Waals surface area contributed by atoms with Crippen molar-refractivity contribution in [3.05, 3.63) is 101 Å². The third kappa shape index (κ3) is 4.84. The van der Waals surface area contributed by atoms with E-state index in [-0.39, 0.29) is 18.9 Å². The third-order valence-electron chi connectivity index (χ3n) is 4.62. The molecule has 4 rings (SSSR count). The lowest BCUT2D eigenvalue weighted by Crippen LogP contribution is -2.34. The zero-order chi connectivity index (χ0) is 21.6. The van der Waals surface area contributed by atoms with Crippen LogP contribution in [0.15, 0.2) is 89.7 Å². The summed E-state index contributed by atoms with van der Waals surface area (Å²) in [4.78, 5) is 16.9. The number of halogens is 1. The summed E-state index contributed by atoms with van der Waals surface area (Å²) in [6, 6.07) is 24.6. The topological polar surface area (TPSA) is 77.2 Å². The minimum Gasteiger partial charge on any atom is -0.488 e. The number of aliphatic hydroxyl groups excluding tert-OH is 1. The van der Waals surface area contributed by atoms with Crippen LogP contribution < -0.4 is 10.4 Å². The molecule has 1 atom stereocenters. The van der Waals surface area contributed by atoms with Crippen LogP contribution in [0.2, 0.25) is 0 Å². The van der Waals surface area contributed by atoms with Crippen molar-refractivity contribution in [2.75, 3.05) is 6.61 Å². The number of ether oxygens (including phenoxy) is 1. The molecular formula is C24H20FN3O3. The van der Waals surface area contributed by atoms with Crippen LogP contribution >= 0.6 is 0 Å². The predicted octanol–water partition coefficient (Wildman–Crippen LogP) is 3.55. The van der Waals surface area contributed by atoms with Crippen molar-refractivity contribution in [2.45, 2.75) is 12.6 Å². The van der Waals surface area contributed by atoms with Crippen molar-refractivity contribution in [1.29, 1.82) is 0 Å². The monoisotopic (exact) mass is 417 g/mol. The van der Waals surface area contributed by atoms with E-state index >= 15 is 0 Å². The van der Waals surface area contributed by atoms with Crippen molar-refractivity contribution >= 4 is 0 Å². The molecule has 0 unspecified atom stereocenters. The first-order valence-electron chi connectivity index (χ1n) is 9.77. The molecule has 0 radical (unpaired) electrons. The second-order valence-corrected chi connectivity index (χ2v) is 6.90. The number of nitrogens with zero attached hydrogens (tertiary/aromatic N) is 3. The molecule has 1 aromatic heterocycles. The molecule has 4 aromatic rings. The predicted molar refractivity (Wildman–Crippen MR) is 115 cm³/mol. The van der Waals surface area contributed by atoms with Gasteiger partial charge in [-0.2, -0.15) is 10.1 Å². The molecule has 0 fully saturated rings. The second-order valence-electron chi connectivity index (χ2n) is 6.90.